The molecule has 0 aliphatic carbocycles. The van der Waals surface area contributed by atoms with Gasteiger partial charge in [0.2, 0.25) is 0 Å². The molecule has 4 heteroatoms. The van der Waals surface area contributed by atoms with Crippen LogP contribution in [0.1, 0.15) is 5.56 Å². The minimum atomic E-state index is 0.298. The van der Waals surface area contributed by atoms with Gasteiger partial charge < -0.3 is 14.6 Å². The van der Waals surface area contributed by atoms with Gasteiger partial charge in [0, 0.05) is 37.6 Å². The number of para-hydroxylation sites is 1. The van der Waals surface area contributed by atoms with Crippen molar-refractivity contribution in [2.75, 3.05) is 13.2 Å². The minimum Gasteiger partial charge on any atom is -0.481 e. The molecule has 0 fully saturated rings. The van der Waals surface area contributed by atoms with Gasteiger partial charge in [-0.2, -0.15) is 0 Å². The van der Waals surface area contributed by atoms with Crippen molar-refractivity contribution in [2.45, 2.75) is 13.1 Å². The lowest BCUT2D eigenvalue weighted by Gasteiger charge is -2.10. The molecule has 0 amide bonds. The smallest absolute Gasteiger partial charge is 0.148 e. The molecule has 0 unspecified atom stereocenters. The lowest BCUT2D eigenvalue weighted by Crippen LogP contribution is -2.19. The van der Waals surface area contributed by atoms with Gasteiger partial charge in [-0.25, -0.2) is 4.98 Å². The Morgan fingerprint density at radius 2 is 2.26 bits per heavy atom. The summed E-state index contributed by atoms with van der Waals surface area (Å²) in [6.07, 6.45) is 10.7. The second kappa shape index (κ2) is 7.24. The molecule has 0 saturated carbocycles. The zero-order valence-electron chi connectivity index (χ0n) is 10.7. The Labute approximate surface area is 113 Å². The fraction of sp³-hybridized carbons (Fsp3) is 0.267. The average molecular weight is 255 g/mol. The molecule has 0 aliphatic rings. The van der Waals surface area contributed by atoms with E-state index >= 15 is 0 Å². The second-order valence-corrected chi connectivity index (χ2v) is 4.08. The summed E-state index contributed by atoms with van der Waals surface area (Å²) in [5.41, 5.74) is 1.11. The normalized spacial score (nSPS) is 10.1. The highest BCUT2D eigenvalue weighted by Crippen LogP contribution is 2.17. The maximum absolute atomic E-state index is 5.50. The van der Waals surface area contributed by atoms with E-state index in [9.17, 15) is 0 Å². The van der Waals surface area contributed by atoms with Crippen LogP contribution in [0.2, 0.25) is 0 Å². The molecule has 0 aliphatic heterocycles. The van der Waals surface area contributed by atoms with Crippen LogP contribution in [-0.2, 0) is 13.1 Å². The van der Waals surface area contributed by atoms with Crippen LogP contribution >= 0.6 is 0 Å². The molecule has 2 rings (SSSR count). The van der Waals surface area contributed by atoms with E-state index in [0.29, 0.717) is 6.61 Å². The number of nitrogens with one attached hydrogen (secondary N) is 1. The Kier molecular flexibility index (Phi) is 5.03. The Morgan fingerprint density at radius 1 is 1.37 bits per heavy atom. The van der Waals surface area contributed by atoms with Crippen LogP contribution in [0.25, 0.3) is 0 Å². The van der Waals surface area contributed by atoms with Gasteiger partial charge in [-0.3, -0.25) is 0 Å². The maximum Gasteiger partial charge on any atom is 0.148 e. The van der Waals surface area contributed by atoms with Gasteiger partial charge in [0.05, 0.1) is 6.33 Å². The molecule has 1 heterocycles. The zero-order valence-corrected chi connectivity index (χ0v) is 10.7. The van der Waals surface area contributed by atoms with Crippen molar-refractivity contribution in [3.63, 3.8) is 0 Å². The summed E-state index contributed by atoms with van der Waals surface area (Å²) in [6, 6.07) is 7.91. The molecule has 1 N–H and O–H groups in total. The predicted molar refractivity (Wildman–Crippen MR) is 74.7 cm³/mol. The fourth-order valence-corrected chi connectivity index (χ4v) is 1.76. The summed E-state index contributed by atoms with van der Waals surface area (Å²) >= 11 is 0. The number of rotatable bonds is 7. The Balaban J connectivity index is 1.80. The van der Waals surface area contributed by atoms with Gasteiger partial charge in [-0.05, 0) is 6.07 Å². The molecule has 0 bridgehead atoms. The first-order chi connectivity index (χ1) is 9.40. The molecule has 4 nitrogen and oxygen atoms in total. The van der Waals surface area contributed by atoms with Crippen molar-refractivity contribution in [1.29, 1.82) is 0 Å². The Hall–Kier alpha value is -2.25. The number of benzene rings is 1. The molecule has 98 valence electrons. The van der Waals surface area contributed by atoms with Crippen molar-refractivity contribution in [3.8, 4) is 18.1 Å². The molecule has 0 spiro atoms. The van der Waals surface area contributed by atoms with E-state index in [1.54, 1.807) is 6.20 Å². The lowest BCUT2D eigenvalue weighted by atomic mass is 10.2. The van der Waals surface area contributed by atoms with Crippen molar-refractivity contribution in [3.05, 3.63) is 48.5 Å². The molecule has 19 heavy (non-hydrogen) atoms. The third-order valence-corrected chi connectivity index (χ3v) is 2.71. The standard InChI is InChI=1S/C15H17N3O/c1-2-11-19-15-6-4-3-5-14(15)12-16-7-9-18-10-8-17-13-18/h1,3-6,8,10,13,16H,7,9,11-12H2. The Morgan fingerprint density at radius 3 is 3.05 bits per heavy atom. The third-order valence-electron chi connectivity index (χ3n) is 2.71. The van der Waals surface area contributed by atoms with Gasteiger partial charge in [-0.1, -0.05) is 24.1 Å². The van der Waals surface area contributed by atoms with E-state index in [1.165, 1.54) is 0 Å². The first kappa shape index (κ1) is 13.2. The number of ether oxygens (including phenoxy) is 1. The average Bonchev–Trinajstić information content (AvgIpc) is 2.95. The largest absolute Gasteiger partial charge is 0.481 e. The first-order valence-corrected chi connectivity index (χ1v) is 6.21. The maximum atomic E-state index is 5.50. The summed E-state index contributed by atoms with van der Waals surface area (Å²) < 4.78 is 7.53. The van der Waals surface area contributed by atoms with Crippen LogP contribution in [0, 0.1) is 12.3 Å². The summed E-state index contributed by atoms with van der Waals surface area (Å²) in [4.78, 5) is 4.00. The number of hydrogen-bond acceptors (Lipinski definition) is 3. The summed E-state index contributed by atoms with van der Waals surface area (Å²) in [5.74, 6) is 3.32. The lowest BCUT2D eigenvalue weighted by molar-refractivity contribution is 0.364. The molecule has 0 radical (unpaired) electrons. The molecular weight excluding hydrogens is 238 g/mol. The highest BCUT2D eigenvalue weighted by molar-refractivity contribution is 5.33. The number of aromatic nitrogens is 2. The van der Waals surface area contributed by atoms with Crippen LogP contribution in [0.15, 0.2) is 43.0 Å². The van der Waals surface area contributed by atoms with Crippen LogP contribution in [-0.4, -0.2) is 22.7 Å². The van der Waals surface area contributed by atoms with E-state index < -0.39 is 0 Å². The van der Waals surface area contributed by atoms with Gasteiger partial charge in [-0.15, -0.1) is 6.42 Å². The monoisotopic (exact) mass is 255 g/mol. The molecule has 0 saturated heterocycles. The Bertz CT molecular complexity index is 529. The molecule has 1 aromatic carbocycles. The highest BCUT2D eigenvalue weighted by atomic mass is 16.5. The van der Waals surface area contributed by atoms with E-state index in [4.69, 9.17) is 11.2 Å². The van der Waals surface area contributed by atoms with Gasteiger partial charge >= 0.3 is 0 Å². The number of imidazole rings is 1. The summed E-state index contributed by atoms with van der Waals surface area (Å²) in [7, 11) is 0. The third kappa shape index (κ3) is 4.16. The molecule has 1 aromatic heterocycles. The van der Waals surface area contributed by atoms with Crippen molar-refractivity contribution in [1.82, 2.24) is 14.9 Å². The number of hydrogen-bond donors (Lipinski definition) is 1. The van der Waals surface area contributed by atoms with Gasteiger partial charge in [0.25, 0.3) is 0 Å². The van der Waals surface area contributed by atoms with E-state index in [1.807, 2.05) is 41.4 Å². The van der Waals surface area contributed by atoms with Crippen LogP contribution < -0.4 is 10.1 Å². The van der Waals surface area contributed by atoms with Crippen LogP contribution in [0.5, 0.6) is 5.75 Å². The summed E-state index contributed by atoms with van der Waals surface area (Å²) in [6.45, 7) is 2.83. The first-order valence-electron chi connectivity index (χ1n) is 6.21. The zero-order chi connectivity index (χ0) is 13.3. The predicted octanol–water partition coefficient (Wildman–Crippen LogP) is 1.68. The van der Waals surface area contributed by atoms with E-state index in [2.05, 4.69) is 16.2 Å². The molecule has 2 aromatic rings. The van der Waals surface area contributed by atoms with Crippen molar-refractivity contribution < 1.29 is 4.74 Å². The second-order valence-electron chi connectivity index (χ2n) is 4.08. The number of terminal acetylenes is 1. The molecular formula is C15H17N3O. The van der Waals surface area contributed by atoms with Crippen LogP contribution in [0.3, 0.4) is 0 Å². The molecule has 0 atom stereocenters. The minimum absolute atomic E-state index is 0.298. The van der Waals surface area contributed by atoms with Crippen molar-refractivity contribution in [2.24, 2.45) is 0 Å². The van der Waals surface area contributed by atoms with Crippen molar-refractivity contribution >= 4 is 0 Å². The van der Waals surface area contributed by atoms with E-state index in [-0.39, 0.29) is 0 Å². The quantitative estimate of drug-likeness (QED) is 0.604. The summed E-state index contributed by atoms with van der Waals surface area (Å²) in [5, 5.41) is 3.38. The van der Waals surface area contributed by atoms with Gasteiger partial charge in [0.15, 0.2) is 0 Å². The number of nitrogens with zero attached hydrogens (tertiary/aromatic N) is 2. The van der Waals surface area contributed by atoms with Crippen LogP contribution in [0.4, 0.5) is 0 Å². The van der Waals surface area contributed by atoms with Gasteiger partial charge in [0.1, 0.15) is 12.4 Å². The SMILES string of the molecule is C#CCOc1ccccc1CNCCn1ccnc1. The highest BCUT2D eigenvalue weighted by Gasteiger charge is 2.01. The fourth-order valence-electron chi connectivity index (χ4n) is 1.76. The topological polar surface area (TPSA) is 39.1 Å². The van der Waals surface area contributed by atoms with E-state index in [0.717, 1.165) is 30.9 Å².